The highest BCUT2D eigenvalue weighted by molar-refractivity contribution is 6.39. The Morgan fingerprint density at radius 3 is 1.08 bits per heavy atom. The molecule has 1 nitrogen and oxygen atoms in total. The molecule has 2 heteroatoms. The summed E-state index contributed by atoms with van der Waals surface area (Å²) in [5.41, 5.74) is 9.78. The molecule has 0 radical (unpaired) electrons. The zero-order valence-corrected chi connectivity index (χ0v) is 21.4. The lowest BCUT2D eigenvalue weighted by Gasteiger charge is -2.26. The molecule has 6 rings (SSSR count). The van der Waals surface area contributed by atoms with Gasteiger partial charge in [0.15, 0.2) is 0 Å². The summed E-state index contributed by atoms with van der Waals surface area (Å²) >= 11 is 7.51. The second-order valence-corrected chi connectivity index (χ2v) is 9.55. The average molecular weight is 509 g/mol. The van der Waals surface area contributed by atoms with E-state index in [1.54, 1.807) is 6.07 Å². The summed E-state index contributed by atoms with van der Waals surface area (Å²) in [5, 5.41) is 11.7. The van der Waals surface area contributed by atoms with Crippen LogP contribution in [0.15, 0.2) is 146 Å². The van der Waals surface area contributed by atoms with E-state index in [9.17, 15) is 5.11 Å². The highest BCUT2D eigenvalue weighted by atomic mass is 35.5. The summed E-state index contributed by atoms with van der Waals surface area (Å²) in [7, 11) is 0. The minimum absolute atomic E-state index is 0.192. The van der Waals surface area contributed by atoms with Crippen LogP contribution in [-0.2, 0) is 0 Å². The molecule has 6 aromatic carbocycles. The number of rotatable bonds is 5. The maximum absolute atomic E-state index is 11.1. The van der Waals surface area contributed by atoms with Crippen molar-refractivity contribution in [1.29, 1.82) is 0 Å². The van der Waals surface area contributed by atoms with E-state index in [1.807, 2.05) is 66.7 Å². The van der Waals surface area contributed by atoms with Crippen LogP contribution in [0.25, 0.3) is 55.6 Å². The number of phenols is 1. The largest absolute Gasteiger partial charge is 0.507 e. The Kier molecular flexibility index (Phi) is 6.52. The highest BCUT2D eigenvalue weighted by Crippen LogP contribution is 2.55. The first-order valence-electron chi connectivity index (χ1n) is 12.6. The zero-order valence-electron chi connectivity index (χ0n) is 20.7. The summed E-state index contributed by atoms with van der Waals surface area (Å²) in [6.45, 7) is 0. The van der Waals surface area contributed by atoms with Gasteiger partial charge < -0.3 is 5.11 Å². The summed E-state index contributed by atoms with van der Waals surface area (Å²) in [6, 6.07) is 48.9. The molecule has 0 atom stereocenters. The molecule has 182 valence electrons. The van der Waals surface area contributed by atoms with E-state index in [2.05, 4.69) is 72.8 Å². The molecular formula is C36H25ClO. The molecule has 0 unspecified atom stereocenters. The third kappa shape index (κ3) is 4.28. The number of phenolic OH excluding ortho intramolecular Hbond substituents is 1. The van der Waals surface area contributed by atoms with Gasteiger partial charge in [0.25, 0.3) is 0 Å². The minimum Gasteiger partial charge on any atom is -0.507 e. The third-order valence-corrected chi connectivity index (χ3v) is 7.24. The molecule has 0 saturated heterocycles. The number of para-hydroxylation sites is 1. The predicted octanol–water partition coefficient (Wildman–Crippen LogP) is 10.4. The van der Waals surface area contributed by atoms with Gasteiger partial charge >= 0.3 is 0 Å². The molecule has 6 aromatic rings. The fraction of sp³-hybridized carbons (Fsp3) is 0. The molecule has 0 aliphatic rings. The van der Waals surface area contributed by atoms with Gasteiger partial charge in [-0.15, -0.1) is 0 Å². The Hall–Kier alpha value is -4.59. The van der Waals surface area contributed by atoms with Crippen LogP contribution in [0.3, 0.4) is 0 Å². The molecule has 0 aromatic heterocycles. The van der Waals surface area contributed by atoms with Crippen molar-refractivity contribution < 1.29 is 5.11 Å². The Morgan fingerprint density at radius 2 is 0.658 bits per heavy atom. The van der Waals surface area contributed by atoms with Crippen LogP contribution in [-0.4, -0.2) is 5.11 Å². The van der Waals surface area contributed by atoms with Crippen LogP contribution in [0.1, 0.15) is 0 Å². The molecule has 0 spiro atoms. The smallest absolute Gasteiger partial charge is 0.123 e. The maximum Gasteiger partial charge on any atom is 0.123 e. The predicted molar refractivity (Wildman–Crippen MR) is 160 cm³/mol. The van der Waals surface area contributed by atoms with Crippen molar-refractivity contribution in [2.45, 2.75) is 0 Å². The quantitative estimate of drug-likeness (QED) is 0.245. The highest BCUT2D eigenvalue weighted by Gasteiger charge is 2.28. The van der Waals surface area contributed by atoms with Crippen LogP contribution in [0.4, 0.5) is 0 Å². The van der Waals surface area contributed by atoms with Crippen LogP contribution in [0, 0.1) is 0 Å². The van der Waals surface area contributed by atoms with E-state index < -0.39 is 0 Å². The van der Waals surface area contributed by atoms with E-state index in [4.69, 9.17) is 11.6 Å². The van der Waals surface area contributed by atoms with E-state index in [-0.39, 0.29) is 5.75 Å². The lowest BCUT2D eigenvalue weighted by atomic mass is 9.78. The van der Waals surface area contributed by atoms with Crippen molar-refractivity contribution in [3.63, 3.8) is 0 Å². The molecule has 0 bridgehead atoms. The fourth-order valence-electron chi connectivity index (χ4n) is 5.21. The van der Waals surface area contributed by atoms with Gasteiger partial charge in [0.05, 0.1) is 5.02 Å². The van der Waals surface area contributed by atoms with Gasteiger partial charge in [-0.1, -0.05) is 151 Å². The summed E-state index contributed by atoms with van der Waals surface area (Å²) in [6.07, 6.45) is 0. The Balaban J connectivity index is 1.90. The molecule has 1 N–H and O–H groups in total. The summed E-state index contributed by atoms with van der Waals surface area (Å²) < 4.78 is 0. The van der Waals surface area contributed by atoms with Gasteiger partial charge in [0.2, 0.25) is 0 Å². The average Bonchev–Trinajstić information content (AvgIpc) is 2.99. The Bertz CT molecular complexity index is 1690. The minimum atomic E-state index is 0.192. The normalized spacial score (nSPS) is 10.9. The first-order chi connectivity index (χ1) is 18.7. The van der Waals surface area contributed by atoms with Crippen LogP contribution < -0.4 is 0 Å². The van der Waals surface area contributed by atoms with Crippen LogP contribution in [0.2, 0.25) is 5.02 Å². The molecule has 0 aliphatic carbocycles. The summed E-state index contributed by atoms with van der Waals surface area (Å²) in [5.74, 6) is 0.192. The van der Waals surface area contributed by atoms with E-state index in [0.29, 0.717) is 10.6 Å². The SMILES string of the molecule is Oc1ccccc1-c1c(Cl)c(-c2ccccc2)c(-c2ccccc2)c(-c2ccccc2)c1-c1ccccc1. The molecule has 0 aliphatic heterocycles. The lowest BCUT2D eigenvalue weighted by Crippen LogP contribution is -1.99. The van der Waals surface area contributed by atoms with Gasteiger partial charge in [-0.05, 0) is 45.0 Å². The molecular weight excluding hydrogens is 484 g/mol. The molecule has 0 heterocycles. The fourth-order valence-corrected chi connectivity index (χ4v) is 5.61. The monoisotopic (exact) mass is 508 g/mol. The maximum atomic E-state index is 11.1. The second-order valence-electron chi connectivity index (χ2n) is 9.17. The van der Waals surface area contributed by atoms with Crippen molar-refractivity contribution in [2.24, 2.45) is 0 Å². The number of benzene rings is 6. The third-order valence-electron chi connectivity index (χ3n) is 6.86. The van der Waals surface area contributed by atoms with Crippen molar-refractivity contribution in [1.82, 2.24) is 0 Å². The molecule has 0 saturated carbocycles. The summed E-state index contributed by atoms with van der Waals surface area (Å²) in [4.78, 5) is 0. The van der Waals surface area contributed by atoms with E-state index >= 15 is 0 Å². The molecule has 0 fully saturated rings. The van der Waals surface area contributed by atoms with E-state index in [0.717, 1.165) is 50.1 Å². The molecule has 38 heavy (non-hydrogen) atoms. The van der Waals surface area contributed by atoms with E-state index in [1.165, 1.54) is 0 Å². The van der Waals surface area contributed by atoms with Crippen molar-refractivity contribution in [3.05, 3.63) is 151 Å². The van der Waals surface area contributed by atoms with Crippen LogP contribution >= 0.6 is 11.6 Å². The van der Waals surface area contributed by atoms with Gasteiger partial charge in [0.1, 0.15) is 5.75 Å². The number of hydrogen-bond donors (Lipinski definition) is 1. The second kappa shape index (κ2) is 10.4. The first-order valence-corrected chi connectivity index (χ1v) is 13.0. The lowest BCUT2D eigenvalue weighted by molar-refractivity contribution is 0.477. The standard InChI is InChI=1S/C36H25ClO/c37-36-34(28-21-11-4-12-22-28)32(26-17-7-2-8-18-26)31(25-15-5-1-6-16-25)33(27-19-9-3-10-20-27)35(36)29-23-13-14-24-30(29)38/h1-24,38H. The topological polar surface area (TPSA) is 20.2 Å². The first kappa shape index (κ1) is 23.8. The number of halogens is 1. The Labute approximate surface area is 228 Å². The van der Waals surface area contributed by atoms with Gasteiger partial charge in [-0.2, -0.15) is 0 Å². The van der Waals surface area contributed by atoms with Gasteiger partial charge in [0, 0.05) is 16.7 Å². The zero-order chi connectivity index (χ0) is 25.9. The van der Waals surface area contributed by atoms with Crippen LogP contribution in [0.5, 0.6) is 5.75 Å². The Morgan fingerprint density at radius 1 is 0.342 bits per heavy atom. The van der Waals surface area contributed by atoms with Crippen molar-refractivity contribution >= 4 is 11.6 Å². The number of aromatic hydroxyl groups is 1. The van der Waals surface area contributed by atoms with Crippen molar-refractivity contribution in [2.75, 3.05) is 0 Å². The van der Waals surface area contributed by atoms with Gasteiger partial charge in [-0.25, -0.2) is 0 Å². The van der Waals surface area contributed by atoms with Crippen molar-refractivity contribution in [3.8, 4) is 61.4 Å². The molecule has 0 amide bonds. The number of hydrogen-bond acceptors (Lipinski definition) is 1. The van der Waals surface area contributed by atoms with Gasteiger partial charge in [-0.3, -0.25) is 0 Å².